The molecule has 3 nitrogen and oxygen atoms in total. The predicted octanol–water partition coefficient (Wildman–Crippen LogP) is -0.429. The van der Waals surface area contributed by atoms with Crippen molar-refractivity contribution in [3.05, 3.63) is 34.6 Å². The Kier molecular flexibility index (Phi) is 1.92. The Bertz CT molecular complexity index is 462. The molecule has 2 aromatic rings. The van der Waals surface area contributed by atoms with Crippen molar-refractivity contribution in [2.24, 2.45) is 0 Å². The number of hydrogen-bond acceptors (Lipinski definition) is 2. The fourth-order valence-corrected chi connectivity index (χ4v) is 2.95. The van der Waals surface area contributed by atoms with Crippen LogP contribution in [0.1, 0.15) is 0 Å². The average molecular weight is 241 g/mol. The zero-order chi connectivity index (χ0) is 8.55. The molecular weight excluding hydrogens is 237 g/mol. The fraction of sp³-hybridized carbons (Fsp3) is 0. The molecule has 0 aliphatic carbocycles. The van der Waals surface area contributed by atoms with Crippen LogP contribution in [-0.2, 0) is 0 Å². The van der Waals surface area contributed by atoms with Gasteiger partial charge in [-0.25, -0.2) is 0 Å². The molecule has 3 radical (unpaired) electrons. The van der Waals surface area contributed by atoms with Gasteiger partial charge in [-0.15, -0.1) is 0 Å². The van der Waals surface area contributed by atoms with Gasteiger partial charge in [0.1, 0.15) is 0 Å². The van der Waals surface area contributed by atoms with Crippen LogP contribution < -0.4 is 10.1 Å². The van der Waals surface area contributed by atoms with Gasteiger partial charge in [-0.2, -0.15) is 0 Å². The molecule has 0 amide bonds. The summed E-state index contributed by atoms with van der Waals surface area (Å²) < 4.78 is 7.11. The molecule has 12 heavy (non-hydrogen) atoms. The minimum atomic E-state index is -0.0689. The van der Waals surface area contributed by atoms with Crippen LogP contribution in [-0.4, -0.2) is 28.9 Å². The van der Waals surface area contributed by atoms with Crippen LogP contribution in [0.25, 0.3) is 9.65 Å². The topological polar surface area (TPSA) is 31.2 Å². The number of rotatable bonds is 1. The molecule has 0 fully saturated rings. The zero-order valence-electron chi connectivity index (χ0n) is 5.98. The van der Waals surface area contributed by atoms with Gasteiger partial charge in [0.05, 0.1) is 0 Å². The van der Waals surface area contributed by atoms with Gasteiger partial charge in [-0.3, -0.25) is 0 Å². The predicted molar refractivity (Wildman–Crippen MR) is 47.5 cm³/mol. The molecule has 0 N–H and O–H groups in total. The Morgan fingerprint density at radius 3 is 2.83 bits per heavy atom. The van der Waals surface area contributed by atoms with Crippen molar-refractivity contribution in [2.45, 2.75) is 0 Å². The van der Waals surface area contributed by atoms with E-state index in [1.807, 2.05) is 24.3 Å². The summed E-state index contributed by atoms with van der Waals surface area (Å²) in [6.45, 7) is 0. The maximum atomic E-state index is 11.4. The van der Waals surface area contributed by atoms with Gasteiger partial charge >= 0.3 is 77.7 Å². The van der Waals surface area contributed by atoms with Crippen LogP contribution in [0.15, 0.2) is 29.1 Å². The van der Waals surface area contributed by atoms with Gasteiger partial charge in [0.2, 0.25) is 0 Å². The molecule has 59 valence electrons. The summed E-state index contributed by atoms with van der Waals surface area (Å²) in [5.41, 5.74) is -0.0689. The van der Waals surface area contributed by atoms with E-state index in [2.05, 4.69) is 10.5 Å². The summed E-state index contributed by atoms with van der Waals surface area (Å²) in [6.07, 6.45) is 0. The van der Waals surface area contributed by atoms with Crippen LogP contribution in [0, 0.1) is 0 Å². The summed E-state index contributed by atoms with van der Waals surface area (Å²) in [6, 6.07) is 7.53. The quantitative estimate of drug-likeness (QED) is 0.634. The first-order valence-corrected chi connectivity index (χ1v) is 5.31. The van der Waals surface area contributed by atoms with Crippen molar-refractivity contribution in [3.8, 4) is 0 Å². The first-order valence-electron chi connectivity index (χ1n) is 3.28. The van der Waals surface area contributed by atoms with Gasteiger partial charge in [0.15, 0.2) is 0 Å². The summed E-state index contributed by atoms with van der Waals surface area (Å²) in [5, 5.41) is 0.746. The monoisotopic (exact) mass is 242 g/mol. The van der Waals surface area contributed by atoms with Crippen molar-refractivity contribution >= 4 is 34.9 Å². The SMILES string of the molecule is O=c1c2ccccc2[se]n1O[Si]. The van der Waals surface area contributed by atoms with E-state index >= 15 is 0 Å². The zero-order valence-corrected chi connectivity index (χ0v) is 8.69. The number of aromatic nitrogens is 1. The molecule has 0 saturated heterocycles. The molecule has 2 rings (SSSR count). The Morgan fingerprint density at radius 2 is 2.17 bits per heavy atom. The third-order valence-electron chi connectivity index (χ3n) is 1.55. The molecule has 0 spiro atoms. The molecule has 0 unspecified atom stereocenters. The Hall–Kier alpha value is -0.774. The third kappa shape index (κ3) is 1.06. The molecule has 1 aromatic carbocycles. The fourth-order valence-electron chi connectivity index (χ4n) is 1.01. The second-order valence-electron chi connectivity index (χ2n) is 2.24. The Labute approximate surface area is 78.0 Å². The van der Waals surface area contributed by atoms with E-state index in [4.69, 9.17) is 4.53 Å². The number of hydrogen-bond donors (Lipinski definition) is 0. The van der Waals surface area contributed by atoms with E-state index in [9.17, 15) is 4.79 Å². The van der Waals surface area contributed by atoms with Crippen molar-refractivity contribution in [3.63, 3.8) is 0 Å². The molecule has 0 bridgehead atoms. The summed E-state index contributed by atoms with van der Waals surface area (Å²) in [7, 11) is 2.84. The van der Waals surface area contributed by atoms with Crippen LogP contribution in [0.4, 0.5) is 0 Å². The average Bonchev–Trinajstić information content (AvgIpc) is 2.44. The van der Waals surface area contributed by atoms with Crippen molar-refractivity contribution in [1.29, 1.82) is 0 Å². The van der Waals surface area contributed by atoms with E-state index in [1.54, 1.807) is 0 Å². The standard InChI is InChI=1S/C7H4NO2SeSi/c9-7-5-3-1-2-4-6(5)11-8(7)10-12/h1-4H. The van der Waals surface area contributed by atoms with Crippen LogP contribution in [0.5, 0.6) is 0 Å². The van der Waals surface area contributed by atoms with Crippen molar-refractivity contribution in [2.75, 3.05) is 0 Å². The van der Waals surface area contributed by atoms with E-state index in [0.717, 1.165) is 9.65 Å². The van der Waals surface area contributed by atoms with Crippen molar-refractivity contribution < 1.29 is 4.53 Å². The van der Waals surface area contributed by atoms with E-state index < -0.39 is 0 Å². The number of nitrogens with zero attached hydrogens (tertiary/aromatic N) is 1. The molecule has 0 aliphatic rings. The summed E-state index contributed by atoms with van der Waals surface area (Å²) in [4.78, 5) is 11.4. The molecule has 0 saturated carbocycles. The van der Waals surface area contributed by atoms with Gasteiger partial charge < -0.3 is 0 Å². The van der Waals surface area contributed by atoms with Crippen molar-refractivity contribution in [1.82, 2.24) is 3.73 Å². The van der Waals surface area contributed by atoms with Gasteiger partial charge in [-0.05, 0) is 0 Å². The van der Waals surface area contributed by atoms with E-state index in [-0.39, 0.29) is 20.3 Å². The first-order chi connectivity index (χ1) is 5.83. The first kappa shape index (κ1) is 7.85. The van der Waals surface area contributed by atoms with E-state index in [0.29, 0.717) is 0 Å². The Balaban J connectivity index is 2.88. The molecule has 0 atom stereocenters. The summed E-state index contributed by atoms with van der Waals surface area (Å²) in [5.74, 6) is 0. The van der Waals surface area contributed by atoms with Gasteiger partial charge in [0.25, 0.3) is 0 Å². The van der Waals surface area contributed by atoms with Gasteiger partial charge in [0, 0.05) is 0 Å². The van der Waals surface area contributed by atoms with Crippen LogP contribution >= 0.6 is 0 Å². The third-order valence-corrected chi connectivity index (χ3v) is 4.04. The molecule has 0 aliphatic heterocycles. The van der Waals surface area contributed by atoms with E-state index in [1.165, 1.54) is 3.73 Å². The number of fused-ring (bicyclic) bond motifs is 1. The van der Waals surface area contributed by atoms with Crippen LogP contribution in [0.3, 0.4) is 0 Å². The molecule has 1 heterocycles. The molecule has 5 heteroatoms. The normalized spacial score (nSPS) is 10.4. The Morgan fingerprint density at radius 1 is 1.42 bits per heavy atom. The van der Waals surface area contributed by atoms with Crippen LogP contribution in [0.2, 0.25) is 0 Å². The van der Waals surface area contributed by atoms with Gasteiger partial charge in [-0.1, -0.05) is 0 Å². The number of benzene rings is 1. The maximum absolute atomic E-state index is 11.4. The molecular formula is C7H4NO2SeSi. The summed E-state index contributed by atoms with van der Waals surface area (Å²) >= 11 is -0.0462. The minimum absolute atomic E-state index is 0.0462. The second-order valence-corrected chi connectivity index (χ2v) is 4.43. The molecule has 1 aromatic heterocycles. The second kappa shape index (κ2) is 2.93.